The van der Waals surface area contributed by atoms with Gasteiger partial charge >= 0.3 is 0 Å². The molecule has 0 unspecified atom stereocenters. The van der Waals surface area contributed by atoms with Crippen LogP contribution in [0, 0.1) is 11.8 Å². The van der Waals surface area contributed by atoms with Crippen molar-refractivity contribution in [3.05, 3.63) is 0 Å². The molecule has 1 aliphatic heterocycles. The van der Waals surface area contributed by atoms with E-state index in [1.165, 1.54) is 23.4 Å². The van der Waals surface area contributed by atoms with Gasteiger partial charge in [-0.25, -0.2) is 12.7 Å². The number of nitrogens with zero attached hydrogens (tertiary/aromatic N) is 3. The van der Waals surface area contributed by atoms with Gasteiger partial charge in [-0.1, -0.05) is 0 Å². The van der Waals surface area contributed by atoms with Crippen LogP contribution in [0.4, 0.5) is 0 Å². The lowest BCUT2D eigenvalue weighted by molar-refractivity contribution is -0.133. The van der Waals surface area contributed by atoms with Crippen LogP contribution in [0.5, 0.6) is 0 Å². The molecule has 0 aromatic heterocycles. The van der Waals surface area contributed by atoms with Crippen LogP contribution in [0.3, 0.4) is 0 Å². The van der Waals surface area contributed by atoms with E-state index >= 15 is 0 Å². The summed E-state index contributed by atoms with van der Waals surface area (Å²) in [5.74, 6) is 0.497. The van der Waals surface area contributed by atoms with Gasteiger partial charge in [0.2, 0.25) is 15.9 Å². The number of carbonyl (C=O) groups is 1. The molecular formula is C13H25N3O3S. The first-order chi connectivity index (χ1) is 9.27. The molecule has 2 rings (SSSR count). The minimum atomic E-state index is -3.24. The molecule has 1 saturated carbocycles. The Labute approximate surface area is 121 Å². The maximum Gasteiger partial charge on any atom is 0.227 e. The van der Waals surface area contributed by atoms with Crippen LogP contribution in [-0.2, 0) is 14.8 Å². The molecule has 1 saturated heterocycles. The molecule has 1 heterocycles. The molecule has 0 aromatic carbocycles. The Morgan fingerprint density at radius 2 is 1.85 bits per heavy atom. The third-order valence-corrected chi connectivity index (χ3v) is 5.31. The smallest absolute Gasteiger partial charge is 0.227 e. The summed E-state index contributed by atoms with van der Waals surface area (Å²) in [7, 11) is 0.209. The van der Waals surface area contributed by atoms with Gasteiger partial charge in [-0.05, 0) is 18.8 Å². The van der Waals surface area contributed by atoms with Crippen LogP contribution >= 0.6 is 0 Å². The fraction of sp³-hybridized carbons (Fsp3) is 0.923. The van der Waals surface area contributed by atoms with Crippen LogP contribution in [-0.4, -0.2) is 81.5 Å². The summed E-state index contributed by atoms with van der Waals surface area (Å²) in [6.45, 7) is 3.18. The Hall–Kier alpha value is -0.660. The van der Waals surface area contributed by atoms with E-state index in [-0.39, 0.29) is 11.8 Å². The molecule has 0 bridgehead atoms. The number of sulfonamides is 1. The van der Waals surface area contributed by atoms with Crippen molar-refractivity contribution >= 4 is 15.9 Å². The fourth-order valence-corrected chi connectivity index (χ4v) is 3.57. The van der Waals surface area contributed by atoms with Crippen molar-refractivity contribution in [2.45, 2.75) is 12.8 Å². The Kier molecular flexibility index (Phi) is 4.71. The third kappa shape index (κ3) is 4.17. The summed E-state index contributed by atoms with van der Waals surface area (Å²) in [4.78, 5) is 16.1. The fourth-order valence-electron chi connectivity index (χ4n) is 2.70. The predicted octanol–water partition coefficient (Wildman–Crippen LogP) is -0.322. The zero-order valence-electron chi connectivity index (χ0n) is 12.6. The van der Waals surface area contributed by atoms with Gasteiger partial charge in [-0.3, -0.25) is 4.79 Å². The highest BCUT2D eigenvalue weighted by Gasteiger charge is 2.34. The molecule has 0 spiro atoms. The molecule has 6 nitrogen and oxygen atoms in total. The normalized spacial score (nSPS) is 26.2. The van der Waals surface area contributed by atoms with Crippen LogP contribution in [0.25, 0.3) is 0 Å². The highest BCUT2D eigenvalue weighted by molar-refractivity contribution is 7.88. The minimum Gasteiger partial charge on any atom is -0.348 e. The Balaban J connectivity index is 2.10. The van der Waals surface area contributed by atoms with Gasteiger partial charge in [-0.2, -0.15) is 0 Å². The van der Waals surface area contributed by atoms with Gasteiger partial charge in [-0.15, -0.1) is 0 Å². The van der Waals surface area contributed by atoms with Crippen molar-refractivity contribution in [1.29, 1.82) is 0 Å². The molecule has 1 aliphatic carbocycles. The summed E-state index contributed by atoms with van der Waals surface area (Å²) >= 11 is 0. The number of rotatable bonds is 4. The molecule has 0 N–H and O–H groups in total. The molecule has 1 atom stereocenters. The van der Waals surface area contributed by atoms with E-state index in [1.807, 2.05) is 0 Å². The highest BCUT2D eigenvalue weighted by Crippen LogP contribution is 2.30. The maximum absolute atomic E-state index is 12.2. The van der Waals surface area contributed by atoms with Gasteiger partial charge in [0.15, 0.2) is 0 Å². The number of carbonyl (C=O) groups excluding carboxylic acids is 1. The van der Waals surface area contributed by atoms with E-state index in [1.54, 1.807) is 19.0 Å². The van der Waals surface area contributed by atoms with Crippen molar-refractivity contribution in [2.75, 3.05) is 53.1 Å². The average molecular weight is 303 g/mol. The van der Waals surface area contributed by atoms with E-state index < -0.39 is 10.0 Å². The Morgan fingerprint density at radius 1 is 1.20 bits per heavy atom. The van der Waals surface area contributed by atoms with E-state index in [4.69, 9.17) is 0 Å². The molecule has 0 aromatic rings. The summed E-state index contributed by atoms with van der Waals surface area (Å²) in [5, 5.41) is 0. The summed E-state index contributed by atoms with van der Waals surface area (Å²) in [6, 6.07) is 0. The summed E-state index contributed by atoms with van der Waals surface area (Å²) in [6.07, 6.45) is 3.75. The highest BCUT2D eigenvalue weighted by atomic mass is 32.2. The molecule has 2 fully saturated rings. The molecule has 116 valence electrons. The Bertz CT molecular complexity index is 459. The second kappa shape index (κ2) is 5.99. The van der Waals surface area contributed by atoms with E-state index in [0.29, 0.717) is 19.6 Å². The zero-order chi connectivity index (χ0) is 14.9. The lowest BCUT2D eigenvalue weighted by atomic mass is 10.1. The largest absolute Gasteiger partial charge is 0.348 e. The Morgan fingerprint density at radius 3 is 2.35 bits per heavy atom. The van der Waals surface area contributed by atoms with Crippen molar-refractivity contribution in [3.63, 3.8) is 0 Å². The SMILES string of the molecule is CN(C)C(=O)[C@@H]1CN(CC2CC2)CCN(S(C)(=O)=O)C1. The topological polar surface area (TPSA) is 60.9 Å². The molecule has 0 radical (unpaired) electrons. The molecule has 1 amide bonds. The van der Waals surface area contributed by atoms with Crippen molar-refractivity contribution < 1.29 is 13.2 Å². The molecule has 20 heavy (non-hydrogen) atoms. The molecule has 7 heteroatoms. The second-order valence-electron chi connectivity index (χ2n) is 6.25. The first-order valence-corrected chi connectivity index (χ1v) is 9.01. The van der Waals surface area contributed by atoms with Crippen LogP contribution in [0.2, 0.25) is 0 Å². The molecule has 2 aliphatic rings. The van der Waals surface area contributed by atoms with Gasteiger partial charge in [0.1, 0.15) is 0 Å². The standard InChI is InChI=1S/C13H25N3O3S/c1-14(2)13(17)12-9-15(8-11-4-5-11)6-7-16(10-12)20(3,18)19/h11-12H,4-10H2,1-3H3/t12-/m1/s1. The van der Waals surface area contributed by atoms with Crippen LogP contribution < -0.4 is 0 Å². The summed E-state index contributed by atoms with van der Waals surface area (Å²) in [5.41, 5.74) is 0. The van der Waals surface area contributed by atoms with Crippen molar-refractivity contribution in [3.8, 4) is 0 Å². The van der Waals surface area contributed by atoms with Crippen LogP contribution in [0.1, 0.15) is 12.8 Å². The lowest BCUT2D eigenvalue weighted by Crippen LogP contribution is -2.42. The lowest BCUT2D eigenvalue weighted by Gasteiger charge is -2.25. The van der Waals surface area contributed by atoms with Crippen molar-refractivity contribution in [1.82, 2.24) is 14.1 Å². The number of hydrogen-bond donors (Lipinski definition) is 0. The van der Waals surface area contributed by atoms with Crippen molar-refractivity contribution in [2.24, 2.45) is 11.8 Å². The zero-order valence-corrected chi connectivity index (χ0v) is 13.4. The first kappa shape index (κ1) is 15.7. The maximum atomic E-state index is 12.2. The summed E-state index contributed by atoms with van der Waals surface area (Å²) < 4.78 is 25.1. The first-order valence-electron chi connectivity index (χ1n) is 7.16. The van der Waals surface area contributed by atoms with E-state index in [0.717, 1.165) is 19.0 Å². The average Bonchev–Trinajstić information content (AvgIpc) is 3.14. The third-order valence-electron chi connectivity index (χ3n) is 4.04. The second-order valence-corrected chi connectivity index (χ2v) is 8.24. The quantitative estimate of drug-likeness (QED) is 0.714. The minimum absolute atomic E-state index is 0.0151. The van der Waals surface area contributed by atoms with Gasteiger partial charge < -0.3 is 9.80 Å². The van der Waals surface area contributed by atoms with Gasteiger partial charge in [0.25, 0.3) is 0 Å². The molecular weight excluding hydrogens is 278 g/mol. The van der Waals surface area contributed by atoms with E-state index in [9.17, 15) is 13.2 Å². The van der Waals surface area contributed by atoms with Crippen LogP contribution in [0.15, 0.2) is 0 Å². The van der Waals surface area contributed by atoms with E-state index in [2.05, 4.69) is 4.90 Å². The predicted molar refractivity (Wildman–Crippen MR) is 77.8 cm³/mol. The number of amides is 1. The monoisotopic (exact) mass is 303 g/mol. The van der Waals surface area contributed by atoms with Gasteiger partial charge in [0, 0.05) is 46.8 Å². The number of hydrogen-bond acceptors (Lipinski definition) is 4. The van der Waals surface area contributed by atoms with Gasteiger partial charge in [0.05, 0.1) is 12.2 Å².